The van der Waals surface area contributed by atoms with Gasteiger partial charge >= 0.3 is 12.1 Å². The van der Waals surface area contributed by atoms with Gasteiger partial charge in [-0.25, -0.2) is 9.59 Å². The number of carbonyl (C=O) groups excluding carboxylic acids is 4. The number of aryl methyl sites for hydroxylation is 2. The van der Waals surface area contributed by atoms with Crippen LogP contribution in [0.5, 0.6) is 0 Å². The lowest BCUT2D eigenvalue weighted by Gasteiger charge is -2.36. The van der Waals surface area contributed by atoms with Gasteiger partial charge in [-0.1, -0.05) is 74.7 Å². The van der Waals surface area contributed by atoms with Crippen LogP contribution in [0, 0.1) is 13.8 Å². The van der Waals surface area contributed by atoms with E-state index in [0.29, 0.717) is 12.0 Å². The summed E-state index contributed by atoms with van der Waals surface area (Å²) in [7, 11) is 0. The Hall–Kier alpha value is -3.92. The Kier molecular flexibility index (Phi) is 14.9. The fourth-order valence-corrected chi connectivity index (χ4v) is 5.26. The highest BCUT2D eigenvalue weighted by Crippen LogP contribution is 2.30. The summed E-state index contributed by atoms with van der Waals surface area (Å²) in [5.41, 5.74) is 1.34. The van der Waals surface area contributed by atoms with Crippen molar-refractivity contribution in [2.75, 3.05) is 13.2 Å². The maximum atomic E-state index is 14.6. The van der Waals surface area contributed by atoms with Gasteiger partial charge in [-0.3, -0.25) is 9.59 Å². The van der Waals surface area contributed by atoms with Crippen LogP contribution in [0.4, 0.5) is 4.79 Å². The number of hydrogen-bond acceptors (Lipinski definition) is 7. The number of hydrogen-bond donors (Lipinski definition) is 3. The summed E-state index contributed by atoms with van der Waals surface area (Å²) < 4.78 is 11.1. The van der Waals surface area contributed by atoms with Crippen molar-refractivity contribution in [1.29, 1.82) is 0 Å². The van der Waals surface area contributed by atoms with E-state index >= 15 is 0 Å². The van der Waals surface area contributed by atoms with Gasteiger partial charge in [-0.05, 0) is 84.1 Å². The first-order valence-corrected chi connectivity index (χ1v) is 16.5. The quantitative estimate of drug-likeness (QED) is 0.166. The van der Waals surface area contributed by atoms with Crippen LogP contribution in [-0.2, 0) is 30.3 Å². The zero-order valence-corrected chi connectivity index (χ0v) is 29.6. The molecule has 0 saturated heterocycles. The summed E-state index contributed by atoms with van der Waals surface area (Å²) in [5, 5.41) is 15.7. The van der Waals surface area contributed by atoms with E-state index in [1.807, 2.05) is 62.4 Å². The number of nitrogens with one attached hydrogen (secondary N) is 2. The first kappa shape index (κ1) is 39.3. The molecule has 0 aliphatic heterocycles. The third kappa shape index (κ3) is 13.0. The number of rotatable bonds is 15. The molecule has 0 spiro atoms. The first-order chi connectivity index (χ1) is 22.0. The van der Waals surface area contributed by atoms with Crippen LogP contribution < -0.4 is 10.6 Å². The minimum atomic E-state index is -1.37. The lowest BCUT2D eigenvalue weighted by Crippen LogP contribution is -2.56. The molecule has 10 nitrogen and oxygen atoms in total. The molecule has 0 aliphatic carbocycles. The summed E-state index contributed by atoms with van der Waals surface area (Å²) >= 11 is 0. The van der Waals surface area contributed by atoms with E-state index in [0.717, 1.165) is 36.0 Å². The normalized spacial score (nSPS) is 13.6. The number of benzene rings is 2. The van der Waals surface area contributed by atoms with Crippen molar-refractivity contribution < 1.29 is 33.8 Å². The predicted molar refractivity (Wildman–Crippen MR) is 183 cm³/mol. The highest BCUT2D eigenvalue weighted by Gasteiger charge is 2.39. The molecule has 3 amide bonds. The average Bonchev–Trinajstić information content (AvgIpc) is 2.96. The standard InChI is InChI=1S/C37H55N3O7/c1-10-11-12-16-22-40(33(43)29(24-41)39-35(45)47-37(7,8)9)31(30-25(2)18-17-19-26(30)3)32(42)38-28(34(44)46-36(4,5)6)23-27-20-14-13-15-21-27/h13-15,17-21,28-29,31,41H,10-12,16,22-24H2,1-9H3,(H,38,42)(H,39,45). The lowest BCUT2D eigenvalue weighted by molar-refractivity contribution is -0.159. The number of alkyl carbamates (subject to hydrolysis) is 1. The molecule has 0 aromatic heterocycles. The molecule has 0 fully saturated rings. The predicted octanol–water partition coefficient (Wildman–Crippen LogP) is 5.71. The maximum Gasteiger partial charge on any atom is 0.408 e. The third-order valence-corrected chi connectivity index (χ3v) is 7.37. The molecule has 2 rings (SSSR count). The Morgan fingerprint density at radius 2 is 1.38 bits per heavy atom. The number of esters is 1. The molecule has 0 saturated carbocycles. The summed E-state index contributed by atoms with van der Waals surface area (Å²) in [6.45, 7) is 15.6. The van der Waals surface area contributed by atoms with E-state index in [2.05, 4.69) is 17.6 Å². The maximum absolute atomic E-state index is 14.6. The minimum Gasteiger partial charge on any atom is -0.458 e. The topological polar surface area (TPSA) is 134 Å². The van der Waals surface area contributed by atoms with Crippen LogP contribution in [0.15, 0.2) is 48.5 Å². The van der Waals surface area contributed by atoms with Crippen molar-refractivity contribution >= 4 is 23.9 Å². The summed E-state index contributed by atoms with van der Waals surface area (Å²) in [5.74, 6) is -1.82. The van der Waals surface area contributed by atoms with Crippen LogP contribution in [0.1, 0.15) is 102 Å². The molecular weight excluding hydrogens is 598 g/mol. The van der Waals surface area contributed by atoms with Crippen molar-refractivity contribution in [2.24, 2.45) is 0 Å². The van der Waals surface area contributed by atoms with Gasteiger partial charge in [-0.15, -0.1) is 0 Å². The Bertz CT molecular complexity index is 1310. The minimum absolute atomic E-state index is 0.172. The zero-order chi connectivity index (χ0) is 35.4. The fourth-order valence-electron chi connectivity index (χ4n) is 5.26. The number of aliphatic hydroxyl groups is 1. The van der Waals surface area contributed by atoms with Crippen molar-refractivity contribution in [1.82, 2.24) is 15.5 Å². The van der Waals surface area contributed by atoms with Crippen LogP contribution in [0.3, 0.4) is 0 Å². The number of nitrogens with zero attached hydrogens (tertiary/aromatic N) is 1. The lowest BCUT2D eigenvalue weighted by atomic mass is 9.93. The van der Waals surface area contributed by atoms with E-state index in [4.69, 9.17) is 9.47 Å². The largest absolute Gasteiger partial charge is 0.458 e. The molecule has 10 heteroatoms. The molecule has 0 heterocycles. The van der Waals surface area contributed by atoms with Gasteiger partial charge in [0.1, 0.15) is 29.3 Å². The molecular formula is C37H55N3O7. The second-order valence-corrected chi connectivity index (χ2v) is 14.0. The van der Waals surface area contributed by atoms with E-state index in [-0.39, 0.29) is 13.0 Å². The van der Waals surface area contributed by atoms with Crippen molar-refractivity contribution in [3.63, 3.8) is 0 Å². The van der Waals surface area contributed by atoms with E-state index in [9.17, 15) is 24.3 Å². The number of ether oxygens (including phenoxy) is 2. The molecule has 47 heavy (non-hydrogen) atoms. The third-order valence-electron chi connectivity index (χ3n) is 7.37. The molecule has 3 unspecified atom stereocenters. The van der Waals surface area contributed by atoms with Gasteiger partial charge in [0.15, 0.2) is 0 Å². The Balaban J connectivity index is 2.64. The van der Waals surface area contributed by atoms with Gasteiger partial charge in [0.2, 0.25) is 11.8 Å². The van der Waals surface area contributed by atoms with E-state index < -0.39 is 59.8 Å². The Morgan fingerprint density at radius 3 is 1.91 bits per heavy atom. The van der Waals surface area contributed by atoms with Gasteiger partial charge in [0, 0.05) is 13.0 Å². The Labute approximate surface area is 280 Å². The number of carbonyl (C=O) groups is 4. The van der Waals surface area contributed by atoms with Crippen molar-refractivity contribution in [3.05, 3.63) is 70.8 Å². The van der Waals surface area contributed by atoms with Crippen LogP contribution >= 0.6 is 0 Å². The highest BCUT2D eigenvalue weighted by molar-refractivity contribution is 5.94. The second-order valence-electron chi connectivity index (χ2n) is 14.0. The summed E-state index contributed by atoms with van der Waals surface area (Å²) in [4.78, 5) is 56.5. The molecule has 260 valence electrons. The second kappa shape index (κ2) is 17.8. The van der Waals surface area contributed by atoms with Gasteiger partial charge < -0.3 is 30.1 Å². The van der Waals surface area contributed by atoms with Crippen LogP contribution in [0.2, 0.25) is 0 Å². The van der Waals surface area contributed by atoms with Crippen LogP contribution in [0.25, 0.3) is 0 Å². The molecule has 2 aromatic rings. The number of amides is 3. The summed E-state index contributed by atoms with van der Waals surface area (Å²) in [6, 6.07) is 11.3. The van der Waals surface area contributed by atoms with Crippen LogP contribution in [-0.4, -0.2) is 70.3 Å². The molecule has 0 bridgehead atoms. The molecule has 3 N–H and O–H groups in total. The molecule has 3 atom stereocenters. The number of aliphatic hydroxyl groups excluding tert-OH is 1. The van der Waals surface area contributed by atoms with Gasteiger partial charge in [-0.2, -0.15) is 0 Å². The zero-order valence-electron chi connectivity index (χ0n) is 29.6. The Morgan fingerprint density at radius 1 is 0.787 bits per heavy atom. The van der Waals surface area contributed by atoms with Gasteiger partial charge in [0.25, 0.3) is 0 Å². The van der Waals surface area contributed by atoms with E-state index in [1.165, 1.54) is 4.90 Å². The highest BCUT2D eigenvalue weighted by atomic mass is 16.6. The monoisotopic (exact) mass is 653 g/mol. The average molecular weight is 654 g/mol. The van der Waals surface area contributed by atoms with E-state index in [1.54, 1.807) is 41.5 Å². The summed E-state index contributed by atoms with van der Waals surface area (Å²) in [6.07, 6.45) is 2.59. The first-order valence-electron chi connectivity index (χ1n) is 16.5. The van der Waals surface area contributed by atoms with Crippen molar-refractivity contribution in [2.45, 2.75) is 124 Å². The fraction of sp³-hybridized carbons (Fsp3) is 0.568. The van der Waals surface area contributed by atoms with Gasteiger partial charge in [0.05, 0.1) is 6.61 Å². The number of unbranched alkanes of at least 4 members (excludes halogenated alkanes) is 3. The SMILES string of the molecule is CCCCCCN(C(=O)C(CO)NC(=O)OC(C)(C)C)C(C(=O)NC(Cc1ccccc1)C(=O)OC(C)(C)C)c1c(C)cccc1C. The molecule has 0 aliphatic rings. The molecule has 0 radical (unpaired) electrons. The van der Waals surface area contributed by atoms with Crippen molar-refractivity contribution in [3.8, 4) is 0 Å². The smallest absolute Gasteiger partial charge is 0.408 e. The molecule has 2 aromatic carbocycles.